The van der Waals surface area contributed by atoms with Crippen molar-refractivity contribution in [1.29, 1.82) is 0 Å². The van der Waals surface area contributed by atoms with E-state index in [9.17, 15) is 4.79 Å². The average molecular weight is 449 g/mol. The van der Waals surface area contributed by atoms with Crippen molar-refractivity contribution in [1.82, 2.24) is 24.9 Å². The van der Waals surface area contributed by atoms with E-state index in [2.05, 4.69) is 53.0 Å². The summed E-state index contributed by atoms with van der Waals surface area (Å²) in [6.07, 6.45) is 1.53. The van der Waals surface area contributed by atoms with Crippen LogP contribution in [0.3, 0.4) is 0 Å². The largest absolute Gasteiger partial charge is 0.459 e. The number of amides is 1. The van der Waals surface area contributed by atoms with E-state index in [0.29, 0.717) is 25.4 Å². The molecule has 1 amide bonds. The van der Waals surface area contributed by atoms with Crippen molar-refractivity contribution in [2.45, 2.75) is 33.9 Å². The molecule has 2 aromatic heterocycles. The van der Waals surface area contributed by atoms with Gasteiger partial charge in [-0.1, -0.05) is 30.3 Å². The minimum absolute atomic E-state index is 0.0568. The highest BCUT2D eigenvalue weighted by Gasteiger charge is 2.25. The highest BCUT2D eigenvalue weighted by molar-refractivity contribution is 5.91. The van der Waals surface area contributed by atoms with Crippen molar-refractivity contribution in [3.05, 3.63) is 77.0 Å². The number of benzene rings is 1. The molecule has 4 rings (SSSR count). The van der Waals surface area contributed by atoms with Crippen LogP contribution in [0.25, 0.3) is 0 Å². The Kier molecular flexibility index (Phi) is 7.12. The molecule has 3 aromatic rings. The fourth-order valence-electron chi connectivity index (χ4n) is 4.13. The van der Waals surface area contributed by atoms with Gasteiger partial charge in [-0.3, -0.25) is 9.48 Å². The third kappa shape index (κ3) is 5.27. The second-order valence-corrected chi connectivity index (χ2v) is 8.22. The van der Waals surface area contributed by atoms with E-state index in [1.165, 1.54) is 11.8 Å². The van der Waals surface area contributed by atoms with Gasteiger partial charge in [0.05, 0.1) is 25.0 Å². The molecule has 8 heteroatoms. The van der Waals surface area contributed by atoms with Crippen molar-refractivity contribution in [3.8, 4) is 0 Å². The van der Waals surface area contributed by atoms with Crippen LogP contribution < -0.4 is 5.32 Å². The molecular weight excluding hydrogens is 416 g/mol. The Bertz CT molecular complexity index is 1080. The molecule has 0 spiro atoms. The molecule has 1 aliphatic heterocycles. The van der Waals surface area contributed by atoms with Crippen LogP contribution in [0.1, 0.15) is 40.0 Å². The van der Waals surface area contributed by atoms with Gasteiger partial charge in [-0.2, -0.15) is 5.10 Å². The quantitative estimate of drug-likeness (QED) is 0.463. The Morgan fingerprint density at radius 3 is 2.45 bits per heavy atom. The van der Waals surface area contributed by atoms with Crippen LogP contribution in [-0.4, -0.2) is 64.2 Å². The average Bonchev–Trinajstić information content (AvgIpc) is 3.46. The van der Waals surface area contributed by atoms with Crippen LogP contribution in [0.4, 0.5) is 0 Å². The molecular formula is C25H32N6O2. The lowest BCUT2D eigenvalue weighted by molar-refractivity contribution is 0.0657. The smallest absolute Gasteiger partial charge is 0.289 e. The summed E-state index contributed by atoms with van der Waals surface area (Å²) in [5, 5.41) is 8.16. The highest BCUT2D eigenvalue weighted by atomic mass is 16.3. The summed E-state index contributed by atoms with van der Waals surface area (Å²) in [7, 11) is 0. The molecule has 1 N–H and O–H groups in total. The maximum atomic E-state index is 12.5. The van der Waals surface area contributed by atoms with E-state index in [1.807, 2.05) is 17.9 Å². The fraction of sp³-hybridized carbons (Fsp3) is 0.400. The minimum atomic E-state index is -0.0568. The summed E-state index contributed by atoms with van der Waals surface area (Å²) < 4.78 is 7.32. The lowest BCUT2D eigenvalue weighted by Crippen LogP contribution is -2.53. The molecule has 0 atom stereocenters. The van der Waals surface area contributed by atoms with Gasteiger partial charge >= 0.3 is 0 Å². The van der Waals surface area contributed by atoms with E-state index < -0.39 is 0 Å². The van der Waals surface area contributed by atoms with Gasteiger partial charge in [0.15, 0.2) is 11.7 Å². The van der Waals surface area contributed by atoms with Crippen molar-refractivity contribution >= 4 is 11.9 Å². The van der Waals surface area contributed by atoms with Crippen molar-refractivity contribution in [3.63, 3.8) is 0 Å². The first-order chi connectivity index (χ1) is 16.1. The summed E-state index contributed by atoms with van der Waals surface area (Å²) in [5.41, 5.74) is 4.54. The molecule has 0 saturated carbocycles. The van der Waals surface area contributed by atoms with Gasteiger partial charge < -0.3 is 19.5 Å². The van der Waals surface area contributed by atoms with Gasteiger partial charge in [0, 0.05) is 44.0 Å². The minimum Gasteiger partial charge on any atom is -0.459 e. The summed E-state index contributed by atoms with van der Waals surface area (Å²) in [4.78, 5) is 21.5. The first kappa shape index (κ1) is 22.6. The number of furan rings is 1. The van der Waals surface area contributed by atoms with E-state index in [1.54, 1.807) is 12.1 Å². The number of hydrogen-bond acceptors (Lipinski definition) is 4. The zero-order chi connectivity index (χ0) is 23.2. The first-order valence-corrected chi connectivity index (χ1v) is 11.5. The van der Waals surface area contributed by atoms with Gasteiger partial charge in [0.2, 0.25) is 0 Å². The molecule has 1 fully saturated rings. The van der Waals surface area contributed by atoms with E-state index in [-0.39, 0.29) is 5.91 Å². The molecule has 0 unspecified atom stereocenters. The van der Waals surface area contributed by atoms with Crippen LogP contribution in [0, 0.1) is 13.8 Å². The van der Waals surface area contributed by atoms with Crippen LogP contribution in [0.5, 0.6) is 0 Å². The summed E-state index contributed by atoms with van der Waals surface area (Å²) in [6.45, 7) is 11.1. The van der Waals surface area contributed by atoms with Crippen LogP contribution in [-0.2, 0) is 13.1 Å². The zero-order valence-electron chi connectivity index (χ0n) is 19.6. The number of hydrogen-bond donors (Lipinski definition) is 1. The fourth-order valence-corrected chi connectivity index (χ4v) is 4.13. The molecule has 174 valence electrons. The van der Waals surface area contributed by atoms with Crippen molar-refractivity contribution < 1.29 is 9.21 Å². The number of rotatable bonds is 6. The third-order valence-corrected chi connectivity index (χ3v) is 6.03. The van der Waals surface area contributed by atoms with E-state index >= 15 is 0 Å². The predicted octanol–water partition coefficient (Wildman–Crippen LogP) is 3.06. The number of guanidine groups is 1. The monoisotopic (exact) mass is 448 g/mol. The molecule has 1 aliphatic rings. The molecule has 33 heavy (non-hydrogen) atoms. The number of carbonyl (C=O) groups is 1. The van der Waals surface area contributed by atoms with Gasteiger partial charge in [0.1, 0.15) is 0 Å². The molecule has 1 saturated heterocycles. The maximum absolute atomic E-state index is 12.5. The van der Waals surface area contributed by atoms with Crippen LogP contribution in [0.2, 0.25) is 0 Å². The number of nitrogens with one attached hydrogen (secondary N) is 1. The number of nitrogens with zero attached hydrogens (tertiary/aromatic N) is 5. The number of piperazine rings is 1. The number of aromatic nitrogens is 2. The molecule has 1 aromatic carbocycles. The molecule has 0 aliphatic carbocycles. The third-order valence-electron chi connectivity index (χ3n) is 6.03. The van der Waals surface area contributed by atoms with Gasteiger partial charge in [-0.25, -0.2) is 4.99 Å². The van der Waals surface area contributed by atoms with Crippen LogP contribution in [0.15, 0.2) is 58.1 Å². The Morgan fingerprint density at radius 2 is 1.79 bits per heavy atom. The number of aliphatic imine (C=N–C) groups is 1. The highest BCUT2D eigenvalue weighted by Crippen LogP contribution is 2.17. The van der Waals surface area contributed by atoms with Crippen molar-refractivity contribution in [2.75, 3.05) is 32.7 Å². The lowest BCUT2D eigenvalue weighted by Gasteiger charge is -2.36. The Balaban J connectivity index is 1.42. The number of carbonyl (C=O) groups excluding carboxylic acids is 1. The van der Waals surface area contributed by atoms with Gasteiger partial charge in [-0.05, 0) is 38.5 Å². The molecule has 3 heterocycles. The van der Waals surface area contributed by atoms with Gasteiger partial charge in [-0.15, -0.1) is 0 Å². The van der Waals surface area contributed by atoms with E-state index in [4.69, 9.17) is 14.5 Å². The Hall–Kier alpha value is -3.55. The standard InChI is InChI=1S/C25H32N6O2/c1-4-26-25(30-14-12-29(13-15-30)24(32)23-11-8-16-33-23)27-17-22-19(2)28-31(20(22)3)18-21-9-6-5-7-10-21/h5-11,16H,4,12-15,17-18H2,1-3H3,(H,26,27). The zero-order valence-corrected chi connectivity index (χ0v) is 19.6. The maximum Gasteiger partial charge on any atom is 0.289 e. The first-order valence-electron chi connectivity index (χ1n) is 11.5. The summed E-state index contributed by atoms with van der Waals surface area (Å²) in [6, 6.07) is 13.8. The topological polar surface area (TPSA) is 78.9 Å². The Labute approximate surface area is 194 Å². The molecule has 0 radical (unpaired) electrons. The van der Waals surface area contributed by atoms with Crippen molar-refractivity contribution in [2.24, 2.45) is 4.99 Å². The summed E-state index contributed by atoms with van der Waals surface area (Å²) in [5.74, 6) is 1.21. The predicted molar refractivity (Wildman–Crippen MR) is 128 cm³/mol. The molecule has 0 bridgehead atoms. The van der Waals surface area contributed by atoms with Crippen LogP contribution >= 0.6 is 0 Å². The number of aryl methyl sites for hydroxylation is 1. The second kappa shape index (κ2) is 10.4. The summed E-state index contributed by atoms with van der Waals surface area (Å²) >= 11 is 0. The lowest BCUT2D eigenvalue weighted by atomic mass is 10.2. The van der Waals surface area contributed by atoms with E-state index in [0.717, 1.165) is 49.1 Å². The Morgan fingerprint density at radius 1 is 1.06 bits per heavy atom. The SMILES string of the molecule is CCNC(=NCc1c(C)nn(Cc2ccccc2)c1C)N1CCN(C(=O)c2ccco2)CC1. The molecule has 8 nitrogen and oxygen atoms in total. The van der Waals surface area contributed by atoms with Gasteiger partial charge in [0.25, 0.3) is 5.91 Å². The second-order valence-electron chi connectivity index (χ2n) is 8.22. The normalized spacial score (nSPS) is 14.6.